The molecule has 0 radical (unpaired) electrons. The quantitative estimate of drug-likeness (QED) is 0.620. The zero-order valence-corrected chi connectivity index (χ0v) is 17.8. The maximum absolute atomic E-state index is 12.5. The van der Waals surface area contributed by atoms with Gasteiger partial charge >= 0.3 is 0 Å². The molecule has 7 heteroatoms. The Hall–Kier alpha value is -3.06. The number of carbonyl (C=O) groups is 2. The van der Waals surface area contributed by atoms with Crippen molar-refractivity contribution in [2.24, 2.45) is 0 Å². The summed E-state index contributed by atoms with van der Waals surface area (Å²) in [6.07, 6.45) is 0.899. The number of fused-ring (bicyclic) bond motifs is 1. The predicted molar refractivity (Wildman–Crippen MR) is 116 cm³/mol. The highest BCUT2D eigenvalue weighted by atomic mass is 16.5. The first-order chi connectivity index (χ1) is 14.5. The van der Waals surface area contributed by atoms with Gasteiger partial charge in [-0.05, 0) is 55.8 Å². The van der Waals surface area contributed by atoms with Crippen molar-refractivity contribution < 1.29 is 24.0 Å². The van der Waals surface area contributed by atoms with Gasteiger partial charge in [0.05, 0.1) is 19.8 Å². The second-order valence-corrected chi connectivity index (χ2v) is 7.34. The Morgan fingerprint density at radius 2 is 1.50 bits per heavy atom. The van der Waals surface area contributed by atoms with Gasteiger partial charge in [0.2, 0.25) is 5.91 Å². The van der Waals surface area contributed by atoms with E-state index in [-0.39, 0.29) is 11.8 Å². The number of hydrogen-bond acceptors (Lipinski definition) is 4. The highest BCUT2D eigenvalue weighted by Crippen LogP contribution is 2.32. The summed E-state index contributed by atoms with van der Waals surface area (Å²) in [4.78, 5) is 24.8. The van der Waals surface area contributed by atoms with E-state index in [1.165, 1.54) is 23.0 Å². The van der Waals surface area contributed by atoms with Gasteiger partial charge in [0.1, 0.15) is 6.54 Å². The van der Waals surface area contributed by atoms with E-state index in [0.29, 0.717) is 31.1 Å². The molecule has 160 valence electrons. The fraction of sp³-hybridized carbons (Fsp3) is 0.391. The average molecular weight is 413 g/mol. The van der Waals surface area contributed by atoms with Crippen LogP contribution in [0.4, 0.5) is 11.4 Å². The minimum atomic E-state index is -0.123. The van der Waals surface area contributed by atoms with Crippen LogP contribution in [-0.2, 0) is 22.6 Å². The summed E-state index contributed by atoms with van der Waals surface area (Å²) in [5.74, 6) is 1.41. The largest absolute Gasteiger partial charge is 0.490 e. The topological polar surface area (TPSA) is 81.1 Å². The first-order valence-electron chi connectivity index (χ1n) is 10.4. The number of nitrogens with one attached hydrogen (secondary N) is 3. The average Bonchev–Trinajstić information content (AvgIpc) is 2.70. The van der Waals surface area contributed by atoms with Crippen molar-refractivity contribution in [3.63, 3.8) is 0 Å². The van der Waals surface area contributed by atoms with Crippen molar-refractivity contribution >= 4 is 23.2 Å². The molecule has 0 aromatic heterocycles. The Labute approximate surface area is 177 Å². The summed E-state index contributed by atoms with van der Waals surface area (Å²) in [5.41, 5.74) is 3.89. The van der Waals surface area contributed by atoms with Crippen LogP contribution in [0.1, 0.15) is 31.9 Å². The number of carbonyl (C=O) groups excluding carboxylic acids is 2. The summed E-state index contributed by atoms with van der Waals surface area (Å²) in [6, 6.07) is 11.2. The van der Waals surface area contributed by atoms with E-state index in [9.17, 15) is 9.59 Å². The van der Waals surface area contributed by atoms with E-state index in [0.717, 1.165) is 31.0 Å². The normalized spacial score (nSPS) is 15.1. The van der Waals surface area contributed by atoms with Crippen LogP contribution in [0.3, 0.4) is 0 Å². The van der Waals surface area contributed by atoms with E-state index in [1.54, 1.807) is 24.3 Å². The van der Waals surface area contributed by atoms with Crippen molar-refractivity contribution in [3.05, 3.63) is 47.5 Å². The zero-order chi connectivity index (χ0) is 21.5. The van der Waals surface area contributed by atoms with Gasteiger partial charge in [-0.15, -0.1) is 0 Å². The standard InChI is InChI=1S/C23H29N3O4/c1-4-29-21-12-17-10-11-26(14-18(17)13-22(21)30-5-2)15-23(28)25-20-8-6-19(7-9-20)24-16(3)27/h6-9,12-13H,4-5,10-11,14-15H2,1-3H3,(H,24,27)(H,25,28)/p+1. The van der Waals surface area contributed by atoms with Crippen LogP contribution >= 0.6 is 0 Å². The fourth-order valence-corrected chi connectivity index (χ4v) is 3.67. The Kier molecular flexibility index (Phi) is 7.30. The van der Waals surface area contributed by atoms with Gasteiger partial charge in [0, 0.05) is 30.3 Å². The SMILES string of the molecule is CCOc1cc2c(cc1OCC)C[NH+](CC(=O)Nc1ccc(NC(C)=O)cc1)CC2. The number of ether oxygens (including phenoxy) is 2. The molecule has 1 unspecified atom stereocenters. The van der Waals surface area contributed by atoms with Crippen molar-refractivity contribution in [2.75, 3.05) is 36.9 Å². The third-order valence-corrected chi connectivity index (χ3v) is 4.95. The molecule has 0 saturated heterocycles. The molecule has 0 aliphatic carbocycles. The van der Waals surface area contributed by atoms with Crippen LogP contribution in [0.5, 0.6) is 11.5 Å². The van der Waals surface area contributed by atoms with Crippen molar-refractivity contribution in [1.82, 2.24) is 0 Å². The molecule has 7 nitrogen and oxygen atoms in total. The van der Waals surface area contributed by atoms with Crippen LogP contribution < -0.4 is 25.0 Å². The number of anilines is 2. The minimum absolute atomic E-state index is 0.0308. The van der Waals surface area contributed by atoms with Crippen LogP contribution in [0.25, 0.3) is 0 Å². The Morgan fingerprint density at radius 1 is 0.933 bits per heavy atom. The highest BCUT2D eigenvalue weighted by Gasteiger charge is 2.24. The molecular weight excluding hydrogens is 382 g/mol. The van der Waals surface area contributed by atoms with E-state index < -0.39 is 0 Å². The van der Waals surface area contributed by atoms with Gasteiger partial charge in [0.15, 0.2) is 18.0 Å². The Bertz CT molecular complexity index is 896. The monoisotopic (exact) mass is 412 g/mol. The van der Waals surface area contributed by atoms with Crippen molar-refractivity contribution in [2.45, 2.75) is 33.7 Å². The minimum Gasteiger partial charge on any atom is -0.490 e. The van der Waals surface area contributed by atoms with Gasteiger partial charge in [0.25, 0.3) is 5.91 Å². The van der Waals surface area contributed by atoms with Crippen LogP contribution in [0.2, 0.25) is 0 Å². The maximum Gasteiger partial charge on any atom is 0.279 e. The van der Waals surface area contributed by atoms with E-state index in [2.05, 4.69) is 22.8 Å². The Morgan fingerprint density at radius 3 is 2.07 bits per heavy atom. The van der Waals surface area contributed by atoms with Crippen molar-refractivity contribution in [1.29, 1.82) is 0 Å². The molecule has 1 aliphatic rings. The molecule has 0 fully saturated rings. The molecule has 0 spiro atoms. The van der Waals surface area contributed by atoms with E-state index >= 15 is 0 Å². The second-order valence-electron chi connectivity index (χ2n) is 7.34. The summed E-state index contributed by atoms with van der Waals surface area (Å²) >= 11 is 0. The highest BCUT2D eigenvalue weighted by molar-refractivity contribution is 5.92. The summed E-state index contributed by atoms with van der Waals surface area (Å²) in [5, 5.41) is 5.64. The molecule has 3 rings (SSSR count). The maximum atomic E-state index is 12.5. The lowest BCUT2D eigenvalue weighted by atomic mass is 9.98. The number of rotatable bonds is 8. The number of amides is 2. The number of benzene rings is 2. The molecule has 2 aromatic carbocycles. The van der Waals surface area contributed by atoms with Crippen LogP contribution in [-0.4, -0.2) is 38.1 Å². The van der Waals surface area contributed by atoms with Gasteiger partial charge < -0.3 is 25.0 Å². The molecule has 0 bridgehead atoms. The lowest BCUT2D eigenvalue weighted by Gasteiger charge is -2.26. The van der Waals surface area contributed by atoms with Crippen molar-refractivity contribution in [3.8, 4) is 11.5 Å². The Balaban J connectivity index is 1.60. The molecule has 1 heterocycles. The van der Waals surface area contributed by atoms with E-state index in [1.807, 2.05) is 13.8 Å². The molecule has 0 saturated carbocycles. The van der Waals surface area contributed by atoms with Gasteiger partial charge in [-0.25, -0.2) is 0 Å². The molecular formula is C23H30N3O4+. The van der Waals surface area contributed by atoms with Crippen LogP contribution in [0.15, 0.2) is 36.4 Å². The fourth-order valence-electron chi connectivity index (χ4n) is 3.67. The molecule has 2 aromatic rings. The summed E-state index contributed by atoms with van der Waals surface area (Å²) in [6.45, 7) is 8.62. The van der Waals surface area contributed by atoms with Gasteiger partial charge in [-0.2, -0.15) is 0 Å². The predicted octanol–water partition coefficient (Wildman–Crippen LogP) is 2.02. The third kappa shape index (κ3) is 5.73. The molecule has 3 N–H and O–H groups in total. The van der Waals surface area contributed by atoms with E-state index in [4.69, 9.17) is 9.47 Å². The first kappa shape index (κ1) is 21.6. The smallest absolute Gasteiger partial charge is 0.279 e. The van der Waals surface area contributed by atoms with Crippen LogP contribution in [0, 0.1) is 0 Å². The third-order valence-electron chi connectivity index (χ3n) is 4.95. The summed E-state index contributed by atoms with van der Waals surface area (Å²) < 4.78 is 11.5. The molecule has 30 heavy (non-hydrogen) atoms. The lowest BCUT2D eigenvalue weighted by molar-refractivity contribution is -0.907. The van der Waals surface area contributed by atoms with Gasteiger partial charge in [-0.3, -0.25) is 9.59 Å². The first-order valence-corrected chi connectivity index (χ1v) is 10.4. The molecule has 2 amide bonds. The number of hydrogen-bond donors (Lipinski definition) is 3. The second kappa shape index (κ2) is 10.1. The molecule has 1 aliphatic heterocycles. The lowest BCUT2D eigenvalue weighted by Crippen LogP contribution is -3.12. The summed E-state index contributed by atoms with van der Waals surface area (Å²) in [7, 11) is 0. The zero-order valence-electron chi connectivity index (χ0n) is 17.8. The molecule has 1 atom stereocenters. The number of quaternary nitrogens is 1. The van der Waals surface area contributed by atoms with Gasteiger partial charge in [-0.1, -0.05) is 0 Å².